The SMILES string of the molecule is CCCN1CCCC[C@@H]1c1cccnc1N(C(=O)OC(C)(C)C)c1ccccc1. The molecule has 1 amide bonds. The Morgan fingerprint density at radius 1 is 1.17 bits per heavy atom. The average Bonchev–Trinajstić information content (AvgIpc) is 2.69. The molecule has 0 bridgehead atoms. The summed E-state index contributed by atoms with van der Waals surface area (Å²) >= 11 is 0. The maximum Gasteiger partial charge on any atom is 0.420 e. The molecular weight excluding hydrogens is 362 g/mol. The molecule has 3 rings (SSSR count). The van der Waals surface area contributed by atoms with Crippen LogP contribution in [0.5, 0.6) is 0 Å². The standard InChI is InChI=1S/C24H33N3O2/c1-5-17-26-18-10-9-15-21(26)20-14-11-16-25-22(20)27(19-12-7-6-8-13-19)23(28)29-24(2,3)4/h6-8,11-14,16,21H,5,9-10,15,17-18H2,1-4H3/t21-/m1/s1. The fourth-order valence-corrected chi connectivity index (χ4v) is 3.95. The molecule has 1 atom stereocenters. The molecule has 1 fully saturated rings. The van der Waals surface area contributed by atoms with Crippen molar-refractivity contribution in [3.05, 3.63) is 54.2 Å². The zero-order valence-corrected chi connectivity index (χ0v) is 18.1. The van der Waals surface area contributed by atoms with Crippen LogP contribution in [-0.2, 0) is 4.74 Å². The van der Waals surface area contributed by atoms with Gasteiger partial charge in [0.2, 0.25) is 0 Å². The van der Waals surface area contributed by atoms with Gasteiger partial charge in [0.1, 0.15) is 11.4 Å². The molecule has 1 aliphatic rings. The zero-order chi connectivity index (χ0) is 20.9. The number of anilines is 2. The van der Waals surface area contributed by atoms with Gasteiger partial charge in [0.15, 0.2) is 0 Å². The van der Waals surface area contributed by atoms with E-state index in [-0.39, 0.29) is 6.04 Å². The molecule has 5 heteroatoms. The first-order chi connectivity index (χ1) is 13.9. The Balaban J connectivity index is 2.06. The lowest BCUT2D eigenvalue weighted by Gasteiger charge is -2.37. The van der Waals surface area contributed by atoms with Crippen molar-refractivity contribution < 1.29 is 9.53 Å². The number of aromatic nitrogens is 1. The Labute approximate surface area is 174 Å². The summed E-state index contributed by atoms with van der Waals surface area (Å²) in [5, 5.41) is 0. The molecule has 0 unspecified atom stereocenters. The van der Waals surface area contributed by atoms with Gasteiger partial charge in [0.05, 0.1) is 5.69 Å². The van der Waals surface area contributed by atoms with Crippen LogP contribution in [0.3, 0.4) is 0 Å². The molecule has 0 N–H and O–H groups in total. The van der Waals surface area contributed by atoms with E-state index in [4.69, 9.17) is 4.74 Å². The van der Waals surface area contributed by atoms with E-state index in [0.717, 1.165) is 37.2 Å². The van der Waals surface area contributed by atoms with E-state index < -0.39 is 11.7 Å². The summed E-state index contributed by atoms with van der Waals surface area (Å²) in [6, 6.07) is 14.0. The number of amides is 1. The summed E-state index contributed by atoms with van der Waals surface area (Å²) < 4.78 is 5.76. The number of piperidine rings is 1. The third kappa shape index (κ3) is 5.36. The minimum atomic E-state index is -0.585. The van der Waals surface area contributed by atoms with Crippen LogP contribution in [0.25, 0.3) is 0 Å². The lowest BCUT2D eigenvalue weighted by molar-refractivity contribution is 0.0597. The van der Waals surface area contributed by atoms with E-state index in [9.17, 15) is 4.79 Å². The van der Waals surface area contributed by atoms with Crippen LogP contribution in [0.2, 0.25) is 0 Å². The normalized spacial score (nSPS) is 17.7. The molecule has 0 radical (unpaired) electrons. The summed E-state index contributed by atoms with van der Waals surface area (Å²) in [7, 11) is 0. The number of benzene rings is 1. The number of nitrogens with zero attached hydrogens (tertiary/aromatic N) is 3. The Morgan fingerprint density at radius 3 is 2.62 bits per heavy atom. The van der Waals surface area contributed by atoms with Crippen molar-refractivity contribution in [1.82, 2.24) is 9.88 Å². The van der Waals surface area contributed by atoms with Crippen molar-refractivity contribution in [3.8, 4) is 0 Å². The Bertz CT molecular complexity index is 799. The third-order valence-corrected chi connectivity index (χ3v) is 5.10. The predicted octanol–water partition coefficient (Wildman–Crippen LogP) is 6.09. The van der Waals surface area contributed by atoms with E-state index in [0.29, 0.717) is 5.82 Å². The third-order valence-electron chi connectivity index (χ3n) is 5.10. The number of hydrogen-bond donors (Lipinski definition) is 0. The van der Waals surface area contributed by atoms with Gasteiger partial charge in [-0.3, -0.25) is 4.90 Å². The van der Waals surface area contributed by atoms with Gasteiger partial charge in [-0.2, -0.15) is 0 Å². The molecule has 0 saturated carbocycles. The van der Waals surface area contributed by atoms with Gasteiger partial charge < -0.3 is 4.74 Å². The topological polar surface area (TPSA) is 45.7 Å². The number of rotatable bonds is 5. The number of carbonyl (C=O) groups is 1. The number of carbonyl (C=O) groups excluding carboxylic acids is 1. The molecule has 0 spiro atoms. The fraction of sp³-hybridized carbons (Fsp3) is 0.500. The Hall–Kier alpha value is -2.40. The highest BCUT2D eigenvalue weighted by Gasteiger charge is 2.32. The smallest absolute Gasteiger partial charge is 0.420 e. The van der Waals surface area contributed by atoms with Crippen molar-refractivity contribution >= 4 is 17.6 Å². The first-order valence-electron chi connectivity index (χ1n) is 10.7. The predicted molar refractivity (Wildman–Crippen MR) is 118 cm³/mol. The molecular formula is C24H33N3O2. The highest BCUT2D eigenvalue weighted by molar-refractivity contribution is 5.96. The van der Waals surface area contributed by atoms with Crippen LogP contribution in [0, 0.1) is 0 Å². The second-order valence-electron chi connectivity index (χ2n) is 8.62. The van der Waals surface area contributed by atoms with Crippen molar-refractivity contribution in [3.63, 3.8) is 0 Å². The Kier molecular flexibility index (Phi) is 6.91. The molecule has 1 saturated heterocycles. The average molecular weight is 396 g/mol. The van der Waals surface area contributed by atoms with Crippen LogP contribution in [0.4, 0.5) is 16.3 Å². The van der Waals surface area contributed by atoms with Crippen LogP contribution >= 0.6 is 0 Å². The highest BCUT2D eigenvalue weighted by Crippen LogP contribution is 2.38. The number of likely N-dealkylation sites (tertiary alicyclic amines) is 1. The fourth-order valence-electron chi connectivity index (χ4n) is 3.95. The lowest BCUT2D eigenvalue weighted by atomic mass is 9.95. The summed E-state index contributed by atoms with van der Waals surface area (Å²) in [6.07, 6.45) is 5.96. The van der Waals surface area contributed by atoms with Crippen LogP contribution in [-0.4, -0.2) is 34.7 Å². The van der Waals surface area contributed by atoms with E-state index >= 15 is 0 Å². The summed E-state index contributed by atoms with van der Waals surface area (Å²) in [5.74, 6) is 0.668. The van der Waals surface area contributed by atoms with E-state index in [1.54, 1.807) is 11.1 Å². The van der Waals surface area contributed by atoms with Gasteiger partial charge >= 0.3 is 6.09 Å². The van der Waals surface area contributed by atoms with E-state index in [2.05, 4.69) is 22.9 Å². The van der Waals surface area contributed by atoms with Gasteiger partial charge in [-0.25, -0.2) is 14.7 Å². The van der Waals surface area contributed by atoms with Crippen molar-refractivity contribution in [2.45, 2.75) is 65.0 Å². The molecule has 1 aromatic heterocycles. The van der Waals surface area contributed by atoms with Gasteiger partial charge in [0.25, 0.3) is 0 Å². The monoisotopic (exact) mass is 395 g/mol. The Morgan fingerprint density at radius 2 is 1.93 bits per heavy atom. The first-order valence-corrected chi connectivity index (χ1v) is 10.7. The quantitative estimate of drug-likeness (QED) is 0.614. The van der Waals surface area contributed by atoms with Crippen molar-refractivity contribution in [2.75, 3.05) is 18.0 Å². The molecule has 1 aliphatic heterocycles. The highest BCUT2D eigenvalue weighted by atomic mass is 16.6. The molecule has 1 aromatic carbocycles. The van der Waals surface area contributed by atoms with Crippen LogP contribution in [0.1, 0.15) is 65.0 Å². The first kappa shape index (κ1) is 21.3. The van der Waals surface area contributed by atoms with Crippen LogP contribution < -0.4 is 4.90 Å². The van der Waals surface area contributed by atoms with Gasteiger partial charge in [-0.05, 0) is 71.3 Å². The molecule has 0 aliphatic carbocycles. The minimum Gasteiger partial charge on any atom is -0.443 e. The van der Waals surface area contributed by atoms with Crippen LogP contribution in [0.15, 0.2) is 48.7 Å². The molecule has 2 heterocycles. The van der Waals surface area contributed by atoms with Gasteiger partial charge in [-0.15, -0.1) is 0 Å². The second-order valence-corrected chi connectivity index (χ2v) is 8.62. The lowest BCUT2D eigenvalue weighted by Crippen LogP contribution is -2.37. The molecule has 29 heavy (non-hydrogen) atoms. The van der Waals surface area contributed by atoms with E-state index in [1.165, 1.54) is 12.8 Å². The summed E-state index contributed by atoms with van der Waals surface area (Å²) in [4.78, 5) is 22.1. The molecule has 156 valence electrons. The maximum atomic E-state index is 13.3. The number of pyridine rings is 1. The zero-order valence-electron chi connectivity index (χ0n) is 18.1. The summed E-state index contributed by atoms with van der Waals surface area (Å²) in [6.45, 7) is 10.0. The van der Waals surface area contributed by atoms with E-state index in [1.807, 2.05) is 57.2 Å². The molecule has 5 nitrogen and oxygen atoms in total. The van der Waals surface area contributed by atoms with Gasteiger partial charge in [-0.1, -0.05) is 37.6 Å². The largest absolute Gasteiger partial charge is 0.443 e. The molecule has 2 aromatic rings. The summed E-state index contributed by atoms with van der Waals surface area (Å²) in [5.41, 5.74) is 1.27. The number of ether oxygens (including phenoxy) is 1. The van der Waals surface area contributed by atoms with Gasteiger partial charge in [0, 0.05) is 17.8 Å². The maximum absolute atomic E-state index is 13.3. The number of para-hydroxylation sites is 1. The minimum absolute atomic E-state index is 0.265. The number of hydrogen-bond acceptors (Lipinski definition) is 4. The van der Waals surface area contributed by atoms with Crippen molar-refractivity contribution in [2.24, 2.45) is 0 Å². The second kappa shape index (κ2) is 9.40. The van der Waals surface area contributed by atoms with Crippen molar-refractivity contribution in [1.29, 1.82) is 0 Å².